The van der Waals surface area contributed by atoms with Crippen LogP contribution in [0.1, 0.15) is 296 Å². The Morgan fingerprint density at radius 3 is 1.13 bits per heavy atom. The highest BCUT2D eigenvalue weighted by molar-refractivity contribution is 7.47. The van der Waals surface area contributed by atoms with Crippen molar-refractivity contribution >= 4 is 13.7 Å². The summed E-state index contributed by atoms with van der Waals surface area (Å²) in [6.45, 7) is 4.86. The molecule has 3 N–H and O–H groups in total. The molecule has 0 aliphatic carbocycles. The number of aliphatic hydroxyl groups is 1. The van der Waals surface area contributed by atoms with Crippen LogP contribution in [0.25, 0.3) is 0 Å². The summed E-state index contributed by atoms with van der Waals surface area (Å²) in [6.07, 6.45) is 64.2. The van der Waals surface area contributed by atoms with E-state index in [0.717, 1.165) is 38.5 Å². The van der Waals surface area contributed by atoms with E-state index in [9.17, 15) is 19.4 Å². The third kappa shape index (κ3) is 52.8. The molecule has 0 spiro atoms. The van der Waals surface area contributed by atoms with E-state index in [1.165, 1.54) is 238 Å². The molecule has 0 fully saturated rings. The van der Waals surface area contributed by atoms with Gasteiger partial charge < -0.3 is 19.8 Å². The molecule has 0 saturated heterocycles. The molecule has 0 aliphatic rings. The Hall–Kier alpha value is -1.02. The van der Waals surface area contributed by atoms with Gasteiger partial charge in [-0.05, 0) is 44.9 Å². The predicted octanol–water partition coefficient (Wildman–Crippen LogP) is 18.0. The number of hydrogen-bond donors (Lipinski definition) is 3. The molecule has 0 aromatic rings. The minimum absolute atomic E-state index is 0.0634. The molecular weight excluding hydrogens is 864 g/mol. The average Bonchev–Trinajstić information content (AvgIpc) is 3.30. The normalized spacial score (nSPS) is 14.0. The molecular formula is C59H118N2O6P+. The maximum atomic E-state index is 13.0. The number of rotatable bonds is 55. The summed E-state index contributed by atoms with van der Waals surface area (Å²) in [5.41, 5.74) is 0. The van der Waals surface area contributed by atoms with Crippen LogP contribution in [0.4, 0.5) is 0 Å². The average molecular weight is 983 g/mol. The van der Waals surface area contributed by atoms with E-state index >= 15 is 0 Å². The number of unbranched alkanes of at least 4 members (excludes halogenated alkanes) is 40. The standard InChI is InChI=1S/C59H117N2O6P/c1-6-8-10-12-14-16-18-20-22-24-26-27-28-29-30-31-32-33-34-35-37-39-41-43-45-47-49-51-53-59(63)60-57(56-67-68(64,65)66-55-54-61(3,4)5)58(62)52-50-48-46-44-42-40-38-36-25-23-21-19-17-15-13-11-9-7-2/h29-30,50,52,57-58,62H,6-28,31-49,51,53-56H2,1-5H3,(H-,60,63,64,65)/p+1/b30-29-,52-50+. The summed E-state index contributed by atoms with van der Waals surface area (Å²) >= 11 is 0. The molecule has 68 heavy (non-hydrogen) atoms. The van der Waals surface area contributed by atoms with E-state index < -0.39 is 20.0 Å². The summed E-state index contributed by atoms with van der Waals surface area (Å²) in [6, 6.07) is -0.845. The van der Waals surface area contributed by atoms with E-state index in [0.29, 0.717) is 17.4 Å². The summed E-state index contributed by atoms with van der Waals surface area (Å²) < 4.78 is 23.7. The zero-order valence-corrected chi connectivity index (χ0v) is 47.0. The molecule has 9 heteroatoms. The van der Waals surface area contributed by atoms with Crippen LogP contribution in [0.2, 0.25) is 0 Å². The molecule has 0 radical (unpaired) electrons. The Bertz CT molecular complexity index is 1160. The summed E-state index contributed by atoms with van der Waals surface area (Å²) in [4.78, 5) is 23.3. The highest BCUT2D eigenvalue weighted by Crippen LogP contribution is 2.43. The maximum absolute atomic E-state index is 13.0. The summed E-state index contributed by atoms with van der Waals surface area (Å²) in [5.74, 6) is -0.173. The third-order valence-corrected chi connectivity index (χ3v) is 14.6. The quantitative estimate of drug-likeness (QED) is 0.0243. The van der Waals surface area contributed by atoms with Crippen molar-refractivity contribution in [3.63, 3.8) is 0 Å². The largest absolute Gasteiger partial charge is 0.472 e. The second-order valence-electron chi connectivity index (χ2n) is 21.7. The number of nitrogens with zero attached hydrogens (tertiary/aromatic N) is 1. The molecule has 0 heterocycles. The van der Waals surface area contributed by atoms with Crippen LogP contribution >= 0.6 is 7.82 Å². The molecule has 404 valence electrons. The lowest BCUT2D eigenvalue weighted by molar-refractivity contribution is -0.870. The van der Waals surface area contributed by atoms with Gasteiger partial charge in [0.2, 0.25) is 5.91 Å². The first-order chi connectivity index (χ1) is 33.0. The number of nitrogens with one attached hydrogen (secondary N) is 1. The molecule has 0 aromatic carbocycles. The Kier molecular flexibility index (Phi) is 50.1. The fraction of sp³-hybridized carbons (Fsp3) is 0.915. The molecule has 0 rings (SSSR count). The van der Waals surface area contributed by atoms with E-state index in [2.05, 4.69) is 31.3 Å². The molecule has 0 bridgehead atoms. The Labute approximate surface area is 424 Å². The number of hydrogen-bond acceptors (Lipinski definition) is 5. The topological polar surface area (TPSA) is 105 Å². The number of amides is 1. The summed E-state index contributed by atoms with van der Waals surface area (Å²) in [5, 5.41) is 13.9. The SMILES string of the molecule is CCCCCCCCCCCCCC/C=C\CCCCCCCCCCCCCCC(=O)NC(COP(=O)(O)OCC[N+](C)(C)C)C(O)/C=C/CCCCCCCCCCCCCCCCCC. The van der Waals surface area contributed by atoms with Crippen LogP contribution in [0.15, 0.2) is 24.3 Å². The van der Waals surface area contributed by atoms with Gasteiger partial charge in [0, 0.05) is 6.42 Å². The number of allylic oxidation sites excluding steroid dienone is 3. The maximum Gasteiger partial charge on any atom is 0.472 e. The second kappa shape index (κ2) is 50.9. The van der Waals surface area contributed by atoms with E-state index in [1.807, 2.05) is 27.2 Å². The van der Waals surface area contributed by atoms with Gasteiger partial charge >= 0.3 is 7.82 Å². The number of carbonyl (C=O) groups is 1. The third-order valence-electron chi connectivity index (χ3n) is 13.7. The van der Waals surface area contributed by atoms with Gasteiger partial charge in [-0.1, -0.05) is 269 Å². The number of phosphoric acid groups is 1. The zero-order chi connectivity index (χ0) is 49.9. The minimum Gasteiger partial charge on any atom is -0.387 e. The van der Waals surface area contributed by atoms with Crippen LogP contribution in [0.3, 0.4) is 0 Å². The summed E-state index contributed by atoms with van der Waals surface area (Å²) in [7, 11) is 1.58. The second-order valence-corrected chi connectivity index (χ2v) is 23.2. The lowest BCUT2D eigenvalue weighted by Crippen LogP contribution is -2.45. The number of carbonyl (C=O) groups excluding carboxylic acids is 1. The highest BCUT2D eigenvalue weighted by Gasteiger charge is 2.27. The first kappa shape index (κ1) is 67.0. The van der Waals surface area contributed by atoms with Crippen molar-refractivity contribution < 1.29 is 32.9 Å². The highest BCUT2D eigenvalue weighted by atomic mass is 31.2. The zero-order valence-electron chi connectivity index (χ0n) is 46.1. The molecule has 0 aliphatic heterocycles. The Morgan fingerprint density at radius 2 is 0.794 bits per heavy atom. The van der Waals surface area contributed by atoms with E-state index in [4.69, 9.17) is 9.05 Å². The molecule has 3 atom stereocenters. The van der Waals surface area contributed by atoms with Crippen molar-refractivity contribution in [3.05, 3.63) is 24.3 Å². The number of phosphoric ester groups is 1. The van der Waals surface area contributed by atoms with Gasteiger partial charge in [-0.25, -0.2) is 4.57 Å². The molecule has 3 unspecified atom stereocenters. The van der Waals surface area contributed by atoms with Gasteiger partial charge in [0.1, 0.15) is 13.2 Å². The van der Waals surface area contributed by atoms with Crippen molar-refractivity contribution in [3.8, 4) is 0 Å². The fourth-order valence-corrected chi connectivity index (χ4v) is 9.72. The van der Waals surface area contributed by atoms with Crippen molar-refractivity contribution in [2.24, 2.45) is 0 Å². The number of quaternary nitrogens is 1. The lowest BCUT2D eigenvalue weighted by Gasteiger charge is -2.25. The van der Waals surface area contributed by atoms with Gasteiger partial charge in [-0.15, -0.1) is 0 Å². The molecule has 0 aromatic heterocycles. The van der Waals surface area contributed by atoms with E-state index in [1.54, 1.807) is 6.08 Å². The van der Waals surface area contributed by atoms with Crippen molar-refractivity contribution in [2.45, 2.75) is 309 Å². The van der Waals surface area contributed by atoms with Crippen molar-refractivity contribution in [2.75, 3.05) is 40.9 Å². The fourth-order valence-electron chi connectivity index (χ4n) is 8.98. The van der Waals surface area contributed by atoms with Crippen LogP contribution in [0.5, 0.6) is 0 Å². The van der Waals surface area contributed by atoms with Gasteiger partial charge in [0.25, 0.3) is 0 Å². The van der Waals surface area contributed by atoms with Crippen LogP contribution in [-0.4, -0.2) is 73.4 Å². The smallest absolute Gasteiger partial charge is 0.387 e. The van der Waals surface area contributed by atoms with Crippen LogP contribution in [-0.2, 0) is 18.4 Å². The van der Waals surface area contributed by atoms with Gasteiger partial charge in [-0.2, -0.15) is 0 Å². The van der Waals surface area contributed by atoms with Crippen LogP contribution < -0.4 is 5.32 Å². The first-order valence-electron chi connectivity index (χ1n) is 29.7. The number of aliphatic hydroxyl groups excluding tert-OH is 1. The van der Waals surface area contributed by atoms with Gasteiger partial charge in [-0.3, -0.25) is 13.8 Å². The van der Waals surface area contributed by atoms with Crippen molar-refractivity contribution in [1.82, 2.24) is 5.32 Å². The molecule has 0 saturated carbocycles. The van der Waals surface area contributed by atoms with Crippen LogP contribution in [0, 0.1) is 0 Å². The Balaban J connectivity index is 4.13. The monoisotopic (exact) mass is 982 g/mol. The lowest BCUT2D eigenvalue weighted by atomic mass is 10.0. The van der Waals surface area contributed by atoms with Gasteiger partial charge in [0.15, 0.2) is 0 Å². The van der Waals surface area contributed by atoms with Gasteiger partial charge in [0.05, 0.1) is 39.9 Å². The molecule has 8 nitrogen and oxygen atoms in total. The Morgan fingerprint density at radius 1 is 0.485 bits per heavy atom. The molecule has 1 amide bonds. The van der Waals surface area contributed by atoms with E-state index in [-0.39, 0.29) is 19.1 Å². The minimum atomic E-state index is -4.34. The number of likely N-dealkylation sites (N-methyl/N-ethyl adjacent to an activating group) is 1. The predicted molar refractivity (Wildman–Crippen MR) is 295 cm³/mol. The first-order valence-corrected chi connectivity index (χ1v) is 31.2. The van der Waals surface area contributed by atoms with Crippen molar-refractivity contribution in [1.29, 1.82) is 0 Å².